The molecule has 27 heavy (non-hydrogen) atoms. The van der Waals surface area contributed by atoms with Crippen molar-refractivity contribution >= 4 is 23.4 Å². The van der Waals surface area contributed by atoms with Crippen molar-refractivity contribution in [2.24, 2.45) is 0 Å². The van der Waals surface area contributed by atoms with Crippen LogP contribution in [-0.2, 0) is 9.53 Å². The first-order valence-corrected chi connectivity index (χ1v) is 8.75. The summed E-state index contributed by atoms with van der Waals surface area (Å²) < 4.78 is 19.9. The molecule has 2 saturated heterocycles. The Morgan fingerprint density at radius 2 is 2.22 bits per heavy atom. The van der Waals surface area contributed by atoms with Gasteiger partial charge >= 0.3 is 6.09 Å². The standard InChI is InChI=1S/C19H21FN4O3/c1-12(8-21)14-5-6-23(10-14)18-4-3-15(7-17(18)20)24-11-16(27-19(24)26)9-22-13(2)25/h3-4,7,16H,5-6,9-11H2,1-2H3,(H,22,25). The summed E-state index contributed by atoms with van der Waals surface area (Å²) in [6.07, 6.45) is -0.290. The van der Waals surface area contributed by atoms with Gasteiger partial charge in [0.2, 0.25) is 5.91 Å². The monoisotopic (exact) mass is 372 g/mol. The molecule has 0 bridgehead atoms. The van der Waals surface area contributed by atoms with Crippen LogP contribution < -0.4 is 15.1 Å². The molecule has 0 saturated carbocycles. The van der Waals surface area contributed by atoms with Crippen molar-refractivity contribution in [1.82, 2.24) is 5.32 Å². The predicted octanol–water partition coefficient (Wildman–Crippen LogP) is 2.34. The van der Waals surface area contributed by atoms with E-state index in [2.05, 4.69) is 11.4 Å². The van der Waals surface area contributed by atoms with Gasteiger partial charge in [-0.05, 0) is 37.1 Å². The fourth-order valence-corrected chi connectivity index (χ4v) is 3.27. The molecule has 1 aromatic carbocycles. The first-order chi connectivity index (χ1) is 12.9. The van der Waals surface area contributed by atoms with Gasteiger partial charge in [0.25, 0.3) is 0 Å². The number of carbonyl (C=O) groups excluding carboxylic acids is 2. The molecule has 2 amide bonds. The van der Waals surface area contributed by atoms with Crippen LogP contribution >= 0.6 is 0 Å². The topological polar surface area (TPSA) is 85.7 Å². The highest BCUT2D eigenvalue weighted by Crippen LogP contribution is 2.31. The van der Waals surface area contributed by atoms with Gasteiger partial charge in [-0.3, -0.25) is 9.69 Å². The van der Waals surface area contributed by atoms with Crippen molar-refractivity contribution < 1.29 is 18.7 Å². The summed E-state index contributed by atoms with van der Waals surface area (Å²) in [5.74, 6) is -0.632. The van der Waals surface area contributed by atoms with Crippen molar-refractivity contribution in [1.29, 1.82) is 5.26 Å². The number of allylic oxidation sites excluding steroid dienone is 1. The molecule has 1 N–H and O–H groups in total. The van der Waals surface area contributed by atoms with Crippen LogP contribution in [0.2, 0.25) is 0 Å². The number of hydrogen-bond acceptors (Lipinski definition) is 5. The molecule has 8 heteroatoms. The number of carbonyl (C=O) groups is 2. The summed E-state index contributed by atoms with van der Waals surface area (Å²) in [6.45, 7) is 4.80. The molecule has 3 rings (SSSR count). The van der Waals surface area contributed by atoms with Gasteiger partial charge in [0.1, 0.15) is 11.9 Å². The molecule has 142 valence electrons. The molecule has 2 heterocycles. The second-order valence-electron chi connectivity index (χ2n) is 6.70. The van der Waals surface area contributed by atoms with Crippen molar-refractivity contribution in [3.63, 3.8) is 0 Å². The fourth-order valence-electron chi connectivity index (χ4n) is 3.27. The van der Waals surface area contributed by atoms with Crippen molar-refractivity contribution in [3.8, 4) is 6.07 Å². The lowest BCUT2D eigenvalue weighted by molar-refractivity contribution is -0.119. The highest BCUT2D eigenvalue weighted by molar-refractivity contribution is 5.90. The molecule has 2 aliphatic heterocycles. The second-order valence-corrected chi connectivity index (χ2v) is 6.70. The maximum Gasteiger partial charge on any atom is 0.414 e. The fraction of sp³-hybridized carbons (Fsp3) is 0.421. The Bertz CT molecular complexity index is 846. The number of rotatable bonds is 4. The zero-order valence-corrected chi connectivity index (χ0v) is 15.3. The maximum absolute atomic E-state index is 14.7. The maximum atomic E-state index is 14.7. The molecular formula is C19H21FN4O3. The first-order valence-electron chi connectivity index (χ1n) is 8.75. The summed E-state index contributed by atoms with van der Waals surface area (Å²) in [6, 6.07) is 6.78. The molecule has 1 unspecified atom stereocenters. The average molecular weight is 372 g/mol. The number of anilines is 2. The number of amides is 2. The number of nitrogens with one attached hydrogen (secondary N) is 1. The highest BCUT2D eigenvalue weighted by Gasteiger charge is 2.33. The van der Waals surface area contributed by atoms with Gasteiger partial charge in [-0.15, -0.1) is 0 Å². The van der Waals surface area contributed by atoms with Crippen LogP contribution in [0.5, 0.6) is 0 Å². The smallest absolute Gasteiger partial charge is 0.414 e. The van der Waals surface area contributed by atoms with Gasteiger partial charge < -0.3 is 15.0 Å². The average Bonchev–Trinajstić information content (AvgIpc) is 3.26. The van der Waals surface area contributed by atoms with Crippen LogP contribution in [0, 0.1) is 17.1 Å². The summed E-state index contributed by atoms with van der Waals surface area (Å²) >= 11 is 0. The molecule has 0 radical (unpaired) electrons. The molecule has 1 aromatic rings. The van der Waals surface area contributed by atoms with E-state index in [9.17, 15) is 14.0 Å². The molecule has 2 aliphatic rings. The molecule has 0 aliphatic carbocycles. The second kappa shape index (κ2) is 7.66. The van der Waals surface area contributed by atoms with Crippen molar-refractivity contribution in [2.45, 2.75) is 26.4 Å². The van der Waals surface area contributed by atoms with Crippen LogP contribution in [0.4, 0.5) is 20.6 Å². The Balaban J connectivity index is 1.71. The van der Waals surface area contributed by atoms with Crippen molar-refractivity contribution in [2.75, 3.05) is 36.0 Å². The Kier molecular flexibility index (Phi) is 5.31. The number of ether oxygens (including phenoxy) is 1. The van der Waals surface area contributed by atoms with E-state index < -0.39 is 18.0 Å². The number of nitrogens with zero attached hydrogens (tertiary/aromatic N) is 3. The number of cyclic esters (lactones) is 1. The van der Waals surface area contributed by atoms with E-state index >= 15 is 0 Å². The molecule has 2 fully saturated rings. The summed E-state index contributed by atoms with van der Waals surface area (Å²) in [5.41, 5.74) is 2.56. The van der Waals surface area contributed by atoms with Gasteiger partial charge in [0.05, 0.1) is 30.5 Å². The van der Waals surface area contributed by atoms with Crippen molar-refractivity contribution in [3.05, 3.63) is 35.2 Å². The predicted molar refractivity (Wildman–Crippen MR) is 97.8 cm³/mol. The van der Waals surface area contributed by atoms with Crippen LogP contribution in [0.25, 0.3) is 0 Å². The van der Waals surface area contributed by atoms with E-state index in [1.54, 1.807) is 19.1 Å². The largest absolute Gasteiger partial charge is 0.442 e. The van der Waals surface area contributed by atoms with E-state index in [1.165, 1.54) is 17.9 Å². The number of nitriles is 1. The lowest BCUT2D eigenvalue weighted by Gasteiger charge is -2.20. The molecule has 1 atom stereocenters. The van der Waals surface area contributed by atoms with Gasteiger partial charge in [0, 0.05) is 25.6 Å². The zero-order valence-electron chi connectivity index (χ0n) is 15.3. The van der Waals surface area contributed by atoms with E-state index in [0.29, 0.717) is 30.0 Å². The lowest BCUT2D eigenvalue weighted by Crippen LogP contribution is -2.33. The third kappa shape index (κ3) is 4.03. The number of hydrogen-bond donors (Lipinski definition) is 1. The quantitative estimate of drug-likeness (QED) is 0.820. The number of halogens is 1. The number of benzene rings is 1. The lowest BCUT2D eigenvalue weighted by atomic mass is 10.1. The van der Waals surface area contributed by atoms with Gasteiger partial charge in [-0.2, -0.15) is 5.26 Å². The van der Waals surface area contributed by atoms with E-state index in [4.69, 9.17) is 10.00 Å². The molecule has 7 nitrogen and oxygen atoms in total. The first kappa shape index (κ1) is 18.7. The van der Waals surface area contributed by atoms with Crippen LogP contribution in [0.3, 0.4) is 0 Å². The van der Waals surface area contributed by atoms with Crippen LogP contribution in [0.1, 0.15) is 20.3 Å². The van der Waals surface area contributed by atoms with Gasteiger partial charge in [0.15, 0.2) is 0 Å². The highest BCUT2D eigenvalue weighted by atomic mass is 19.1. The Morgan fingerprint density at radius 1 is 1.44 bits per heavy atom. The van der Waals surface area contributed by atoms with Gasteiger partial charge in [-0.1, -0.05) is 0 Å². The minimum absolute atomic E-state index is 0.203. The molecular weight excluding hydrogens is 351 g/mol. The minimum Gasteiger partial charge on any atom is -0.442 e. The van der Waals surface area contributed by atoms with E-state index in [0.717, 1.165) is 12.0 Å². The Labute approximate surface area is 157 Å². The zero-order chi connectivity index (χ0) is 19.6. The van der Waals surface area contributed by atoms with E-state index in [-0.39, 0.29) is 19.0 Å². The minimum atomic E-state index is -0.562. The SMILES string of the molecule is CC(=O)NCC1CN(c2ccc(N3CCC(=C(C)C#N)C3)c(F)c2)C(=O)O1. The van der Waals surface area contributed by atoms with Crippen LogP contribution in [0.15, 0.2) is 29.3 Å². The normalized spacial score (nSPS) is 21.1. The van der Waals surface area contributed by atoms with E-state index in [1.807, 2.05) is 4.90 Å². The Morgan fingerprint density at radius 3 is 2.89 bits per heavy atom. The summed E-state index contributed by atoms with van der Waals surface area (Å²) in [4.78, 5) is 26.3. The third-order valence-electron chi connectivity index (χ3n) is 4.80. The molecule has 0 spiro atoms. The Hall–Kier alpha value is -3.08. The molecule has 0 aromatic heterocycles. The van der Waals surface area contributed by atoms with Crippen LogP contribution in [-0.4, -0.2) is 44.3 Å². The third-order valence-corrected chi connectivity index (χ3v) is 4.80. The summed E-state index contributed by atoms with van der Waals surface area (Å²) in [5, 5.41) is 11.6. The summed E-state index contributed by atoms with van der Waals surface area (Å²) in [7, 11) is 0. The van der Waals surface area contributed by atoms with Gasteiger partial charge in [-0.25, -0.2) is 9.18 Å².